The van der Waals surface area contributed by atoms with Crippen molar-refractivity contribution in [2.24, 2.45) is 0 Å². The predicted molar refractivity (Wildman–Crippen MR) is 93.2 cm³/mol. The zero-order chi connectivity index (χ0) is 16.5. The molecule has 0 amide bonds. The van der Waals surface area contributed by atoms with Gasteiger partial charge in [-0.2, -0.15) is 0 Å². The first-order valence-corrected chi connectivity index (χ1v) is 7.81. The molecule has 0 saturated heterocycles. The fraction of sp³-hybridized carbons (Fsp3) is 0.250. The van der Waals surface area contributed by atoms with E-state index in [1.54, 1.807) is 18.2 Å². The maximum absolute atomic E-state index is 10.8. The van der Waals surface area contributed by atoms with Crippen molar-refractivity contribution in [1.29, 1.82) is 0 Å². The third-order valence-corrected chi connectivity index (χ3v) is 3.46. The Morgan fingerprint density at radius 1 is 1.04 bits per heavy atom. The second-order valence-corrected chi connectivity index (χ2v) is 5.15. The molecule has 0 bridgehead atoms. The van der Waals surface area contributed by atoms with Crippen LogP contribution < -0.4 is 9.47 Å². The summed E-state index contributed by atoms with van der Waals surface area (Å²) in [6, 6.07) is 15.5. The Hall–Kier alpha value is -2.55. The van der Waals surface area contributed by atoms with Crippen molar-refractivity contribution in [2.45, 2.75) is 20.3 Å². The minimum atomic E-state index is 0.533. The summed E-state index contributed by atoms with van der Waals surface area (Å²) >= 11 is 0. The van der Waals surface area contributed by atoms with Crippen LogP contribution in [-0.4, -0.2) is 19.5 Å². The summed E-state index contributed by atoms with van der Waals surface area (Å²) in [6.45, 7) is 5.10. The van der Waals surface area contributed by atoms with Gasteiger partial charge in [-0.15, -0.1) is 0 Å². The molecule has 0 aliphatic carbocycles. The van der Waals surface area contributed by atoms with Crippen LogP contribution in [0.4, 0.5) is 0 Å². The zero-order valence-electron chi connectivity index (χ0n) is 13.6. The second-order valence-electron chi connectivity index (χ2n) is 5.15. The molecule has 2 aromatic carbocycles. The number of ether oxygens (including phenoxy) is 2. The third kappa shape index (κ3) is 4.99. The summed E-state index contributed by atoms with van der Waals surface area (Å²) in [5.41, 5.74) is 3.04. The standard InChI is InChI=1S/C20H22O3/c1-3-22-20-14-17(15-21)11-12-19(20)23-13-7-8-16(2)18-9-5-4-6-10-18/h4-6,8-12,14-15H,3,7,13H2,1-2H3/b16-8+. The molecular weight excluding hydrogens is 288 g/mol. The summed E-state index contributed by atoms with van der Waals surface area (Å²) in [4.78, 5) is 10.8. The van der Waals surface area contributed by atoms with Crippen LogP contribution in [-0.2, 0) is 0 Å². The number of carbonyl (C=O) groups excluding carboxylic acids is 1. The van der Waals surface area contributed by atoms with Crippen molar-refractivity contribution in [2.75, 3.05) is 13.2 Å². The lowest BCUT2D eigenvalue weighted by molar-refractivity contribution is 0.112. The van der Waals surface area contributed by atoms with E-state index >= 15 is 0 Å². The summed E-state index contributed by atoms with van der Waals surface area (Å²) in [5, 5.41) is 0. The number of allylic oxidation sites excluding steroid dienone is 1. The molecule has 0 radical (unpaired) electrons. The molecule has 23 heavy (non-hydrogen) atoms. The van der Waals surface area contributed by atoms with Gasteiger partial charge in [0, 0.05) is 12.0 Å². The van der Waals surface area contributed by atoms with Crippen molar-refractivity contribution in [3.05, 3.63) is 65.7 Å². The van der Waals surface area contributed by atoms with Crippen molar-refractivity contribution in [3.63, 3.8) is 0 Å². The quantitative estimate of drug-likeness (QED) is 0.520. The van der Waals surface area contributed by atoms with E-state index in [0.717, 1.165) is 12.7 Å². The van der Waals surface area contributed by atoms with E-state index < -0.39 is 0 Å². The lowest BCUT2D eigenvalue weighted by Crippen LogP contribution is -2.01. The van der Waals surface area contributed by atoms with Crippen molar-refractivity contribution < 1.29 is 14.3 Å². The van der Waals surface area contributed by atoms with E-state index in [0.29, 0.717) is 30.3 Å². The van der Waals surface area contributed by atoms with E-state index in [1.165, 1.54) is 11.1 Å². The van der Waals surface area contributed by atoms with Crippen molar-refractivity contribution in [3.8, 4) is 11.5 Å². The summed E-state index contributed by atoms with van der Waals surface area (Å²) in [7, 11) is 0. The van der Waals surface area contributed by atoms with E-state index in [4.69, 9.17) is 9.47 Å². The lowest BCUT2D eigenvalue weighted by atomic mass is 10.1. The fourth-order valence-electron chi connectivity index (χ4n) is 2.25. The molecule has 120 valence electrons. The van der Waals surface area contributed by atoms with Crippen LogP contribution in [0.2, 0.25) is 0 Å². The molecule has 0 spiro atoms. The van der Waals surface area contributed by atoms with Gasteiger partial charge in [0.2, 0.25) is 0 Å². The Kier molecular flexibility index (Phi) is 6.42. The first-order chi connectivity index (χ1) is 11.2. The SMILES string of the molecule is CCOc1cc(C=O)ccc1OCC/C=C(\C)c1ccccc1. The molecule has 0 aliphatic heterocycles. The molecule has 0 unspecified atom stereocenters. The monoisotopic (exact) mass is 310 g/mol. The Balaban J connectivity index is 1.94. The van der Waals surface area contributed by atoms with Crippen LogP contribution in [0.15, 0.2) is 54.6 Å². The fourth-order valence-corrected chi connectivity index (χ4v) is 2.25. The highest BCUT2D eigenvalue weighted by Gasteiger charge is 2.06. The summed E-state index contributed by atoms with van der Waals surface area (Å²) < 4.78 is 11.3. The molecule has 0 atom stereocenters. The van der Waals surface area contributed by atoms with Crippen LogP contribution in [0.3, 0.4) is 0 Å². The first-order valence-electron chi connectivity index (χ1n) is 7.81. The zero-order valence-corrected chi connectivity index (χ0v) is 13.6. The number of hydrogen-bond donors (Lipinski definition) is 0. The van der Waals surface area contributed by atoms with Gasteiger partial charge in [-0.05, 0) is 43.2 Å². The number of benzene rings is 2. The molecule has 0 N–H and O–H groups in total. The largest absolute Gasteiger partial charge is 0.490 e. The Bertz CT molecular complexity index is 660. The molecule has 0 heterocycles. The van der Waals surface area contributed by atoms with Crippen molar-refractivity contribution >= 4 is 11.9 Å². The van der Waals surface area contributed by atoms with Crippen LogP contribution in [0.25, 0.3) is 5.57 Å². The highest BCUT2D eigenvalue weighted by Crippen LogP contribution is 2.28. The van der Waals surface area contributed by atoms with Gasteiger partial charge in [-0.25, -0.2) is 0 Å². The van der Waals surface area contributed by atoms with Crippen LogP contribution in [0.1, 0.15) is 36.2 Å². The second kappa shape index (κ2) is 8.79. The Morgan fingerprint density at radius 2 is 1.83 bits per heavy atom. The lowest BCUT2D eigenvalue weighted by Gasteiger charge is -2.12. The molecule has 0 fully saturated rings. The molecule has 3 heteroatoms. The number of hydrogen-bond acceptors (Lipinski definition) is 3. The average Bonchev–Trinajstić information content (AvgIpc) is 2.60. The maximum atomic E-state index is 10.8. The highest BCUT2D eigenvalue weighted by atomic mass is 16.5. The maximum Gasteiger partial charge on any atom is 0.161 e. The van der Waals surface area contributed by atoms with E-state index in [-0.39, 0.29) is 0 Å². The van der Waals surface area contributed by atoms with Gasteiger partial charge in [-0.1, -0.05) is 36.4 Å². The van der Waals surface area contributed by atoms with Gasteiger partial charge in [-0.3, -0.25) is 4.79 Å². The first kappa shape index (κ1) is 16.8. The minimum absolute atomic E-state index is 0.533. The smallest absolute Gasteiger partial charge is 0.161 e. The van der Waals surface area contributed by atoms with E-state index in [2.05, 4.69) is 25.1 Å². The van der Waals surface area contributed by atoms with Gasteiger partial charge in [0.1, 0.15) is 6.29 Å². The van der Waals surface area contributed by atoms with Gasteiger partial charge in [0.05, 0.1) is 13.2 Å². The van der Waals surface area contributed by atoms with E-state index in [9.17, 15) is 4.79 Å². The molecule has 0 aliphatic rings. The van der Waals surface area contributed by atoms with Gasteiger partial charge < -0.3 is 9.47 Å². The van der Waals surface area contributed by atoms with Crippen LogP contribution in [0, 0.1) is 0 Å². The summed E-state index contributed by atoms with van der Waals surface area (Å²) in [5.74, 6) is 1.28. The van der Waals surface area contributed by atoms with Crippen molar-refractivity contribution in [1.82, 2.24) is 0 Å². The van der Waals surface area contributed by atoms with Gasteiger partial charge in [0.25, 0.3) is 0 Å². The molecule has 0 saturated carbocycles. The number of carbonyl (C=O) groups is 1. The molecule has 2 aromatic rings. The van der Waals surface area contributed by atoms with E-state index in [1.807, 2.05) is 25.1 Å². The Morgan fingerprint density at radius 3 is 2.52 bits per heavy atom. The highest BCUT2D eigenvalue weighted by molar-refractivity contribution is 5.76. The number of aldehydes is 1. The van der Waals surface area contributed by atoms with Crippen LogP contribution >= 0.6 is 0 Å². The number of rotatable bonds is 8. The summed E-state index contributed by atoms with van der Waals surface area (Å²) in [6.07, 6.45) is 3.77. The third-order valence-electron chi connectivity index (χ3n) is 3.46. The molecular formula is C20H22O3. The minimum Gasteiger partial charge on any atom is -0.490 e. The molecule has 2 rings (SSSR count). The molecule has 0 aromatic heterocycles. The normalized spacial score (nSPS) is 11.1. The van der Waals surface area contributed by atoms with Gasteiger partial charge >= 0.3 is 0 Å². The van der Waals surface area contributed by atoms with Crippen LogP contribution in [0.5, 0.6) is 11.5 Å². The topological polar surface area (TPSA) is 35.5 Å². The molecule has 3 nitrogen and oxygen atoms in total. The average molecular weight is 310 g/mol. The predicted octanol–water partition coefficient (Wildman–Crippen LogP) is 4.77. The Labute approximate surface area is 137 Å². The van der Waals surface area contributed by atoms with Gasteiger partial charge in [0.15, 0.2) is 11.5 Å².